The van der Waals surface area contributed by atoms with Crippen molar-refractivity contribution in [1.29, 1.82) is 0 Å². The standard InChI is InChI=1S/C21H29N3O2.C2HF3O2/c1-3-26-15-19-14-23(11-17-5-4-6-20(9-17)25-2)13-18-10-22-24(21(18)19)12-16-7-8-16;3-2(4,5)1(6)7/h4-6,9-10,16,19H,3,7-8,11-15H2,1-2H3;(H,6,7). The van der Waals surface area contributed by atoms with E-state index in [1.807, 2.05) is 6.07 Å². The molecule has 1 atom stereocenters. The molecule has 2 aliphatic rings. The van der Waals surface area contributed by atoms with Crippen molar-refractivity contribution in [3.8, 4) is 5.75 Å². The second-order valence-electron chi connectivity index (χ2n) is 8.36. The number of alkyl halides is 3. The lowest BCUT2D eigenvalue weighted by molar-refractivity contribution is -0.192. The van der Waals surface area contributed by atoms with Gasteiger partial charge in [-0.25, -0.2) is 4.79 Å². The van der Waals surface area contributed by atoms with E-state index in [9.17, 15) is 13.2 Å². The maximum absolute atomic E-state index is 10.6. The summed E-state index contributed by atoms with van der Waals surface area (Å²) in [5, 5.41) is 11.8. The van der Waals surface area contributed by atoms with E-state index < -0.39 is 12.1 Å². The van der Waals surface area contributed by atoms with Gasteiger partial charge in [-0.3, -0.25) is 9.58 Å². The molecular formula is C23H30F3N3O4. The molecule has 1 aromatic carbocycles. The lowest BCUT2D eigenvalue weighted by Gasteiger charge is -2.33. The molecule has 33 heavy (non-hydrogen) atoms. The molecule has 1 saturated carbocycles. The number of benzene rings is 1. The fourth-order valence-electron chi connectivity index (χ4n) is 3.96. The predicted octanol–water partition coefficient (Wildman–Crippen LogP) is 4.07. The number of nitrogens with zero attached hydrogens (tertiary/aromatic N) is 3. The smallest absolute Gasteiger partial charge is 0.490 e. The quantitative estimate of drug-likeness (QED) is 0.628. The topological polar surface area (TPSA) is 76.8 Å². The van der Waals surface area contributed by atoms with Crippen molar-refractivity contribution in [3.05, 3.63) is 47.3 Å². The number of aliphatic carboxylic acids is 1. The van der Waals surface area contributed by atoms with E-state index >= 15 is 0 Å². The summed E-state index contributed by atoms with van der Waals surface area (Å²) < 4.78 is 45.2. The van der Waals surface area contributed by atoms with Crippen molar-refractivity contribution < 1.29 is 32.5 Å². The van der Waals surface area contributed by atoms with Crippen LogP contribution in [-0.2, 0) is 29.2 Å². The molecule has 4 rings (SSSR count). The number of carboxylic acid groups (broad SMARTS) is 1. The van der Waals surface area contributed by atoms with Gasteiger partial charge in [0.25, 0.3) is 0 Å². The van der Waals surface area contributed by atoms with Crippen molar-refractivity contribution in [2.45, 2.75) is 51.5 Å². The third-order valence-electron chi connectivity index (χ3n) is 5.65. The highest BCUT2D eigenvalue weighted by Crippen LogP contribution is 2.35. The monoisotopic (exact) mass is 469 g/mol. The predicted molar refractivity (Wildman–Crippen MR) is 115 cm³/mol. The zero-order chi connectivity index (χ0) is 24.0. The highest BCUT2D eigenvalue weighted by molar-refractivity contribution is 5.73. The maximum Gasteiger partial charge on any atom is 0.490 e. The molecule has 2 heterocycles. The lowest BCUT2D eigenvalue weighted by Crippen LogP contribution is -2.36. The number of rotatable bonds is 8. The number of ether oxygens (including phenoxy) is 2. The third-order valence-corrected chi connectivity index (χ3v) is 5.65. The van der Waals surface area contributed by atoms with E-state index in [0.29, 0.717) is 5.92 Å². The van der Waals surface area contributed by atoms with Gasteiger partial charge in [-0.15, -0.1) is 0 Å². The molecule has 0 bridgehead atoms. The molecule has 1 fully saturated rings. The van der Waals surface area contributed by atoms with Crippen LogP contribution in [0.15, 0.2) is 30.5 Å². The Morgan fingerprint density at radius 2 is 2.03 bits per heavy atom. The molecule has 0 saturated heterocycles. The first-order valence-corrected chi connectivity index (χ1v) is 11.0. The molecule has 1 aliphatic heterocycles. The van der Waals surface area contributed by atoms with Crippen LogP contribution in [0.4, 0.5) is 13.2 Å². The number of carboxylic acids is 1. The largest absolute Gasteiger partial charge is 0.497 e. The van der Waals surface area contributed by atoms with Gasteiger partial charge in [0.15, 0.2) is 0 Å². The summed E-state index contributed by atoms with van der Waals surface area (Å²) in [6, 6.07) is 8.36. The summed E-state index contributed by atoms with van der Waals surface area (Å²) in [7, 11) is 1.72. The molecule has 7 nitrogen and oxygen atoms in total. The number of methoxy groups -OCH3 is 1. The second kappa shape index (κ2) is 11.0. The molecular weight excluding hydrogens is 439 g/mol. The van der Waals surface area contributed by atoms with Gasteiger partial charge in [0.2, 0.25) is 0 Å². The van der Waals surface area contributed by atoms with E-state index in [0.717, 1.165) is 51.1 Å². The van der Waals surface area contributed by atoms with E-state index in [2.05, 4.69) is 40.9 Å². The zero-order valence-corrected chi connectivity index (χ0v) is 18.8. The average molecular weight is 470 g/mol. The van der Waals surface area contributed by atoms with Gasteiger partial charge in [0, 0.05) is 50.0 Å². The van der Waals surface area contributed by atoms with Crippen LogP contribution in [0.5, 0.6) is 5.75 Å². The molecule has 1 unspecified atom stereocenters. The summed E-state index contributed by atoms with van der Waals surface area (Å²) >= 11 is 0. The Labute approximate surface area is 191 Å². The Bertz CT molecular complexity index is 928. The first-order chi connectivity index (χ1) is 15.7. The molecule has 0 amide bonds. The summed E-state index contributed by atoms with van der Waals surface area (Å²) in [4.78, 5) is 11.4. The SMILES string of the molecule is CCOCC1CN(Cc2cccc(OC)c2)Cc2cnn(CC3CC3)c21.O=C(O)C(F)(F)F. The van der Waals surface area contributed by atoms with Gasteiger partial charge in [-0.2, -0.15) is 18.3 Å². The number of hydrogen-bond acceptors (Lipinski definition) is 5. The number of halogens is 3. The van der Waals surface area contributed by atoms with Crippen LogP contribution >= 0.6 is 0 Å². The van der Waals surface area contributed by atoms with Gasteiger partial charge in [-0.1, -0.05) is 12.1 Å². The van der Waals surface area contributed by atoms with Gasteiger partial charge in [-0.05, 0) is 43.4 Å². The van der Waals surface area contributed by atoms with E-state index in [1.54, 1.807) is 7.11 Å². The maximum atomic E-state index is 10.6. The molecule has 0 radical (unpaired) electrons. The Morgan fingerprint density at radius 1 is 1.30 bits per heavy atom. The molecule has 1 aliphatic carbocycles. The first kappa shape index (κ1) is 25.0. The van der Waals surface area contributed by atoms with Crippen LogP contribution in [0.2, 0.25) is 0 Å². The average Bonchev–Trinajstić information content (AvgIpc) is 3.50. The van der Waals surface area contributed by atoms with Gasteiger partial charge < -0.3 is 14.6 Å². The molecule has 2 aromatic rings. The van der Waals surface area contributed by atoms with Crippen molar-refractivity contribution in [1.82, 2.24) is 14.7 Å². The Morgan fingerprint density at radius 3 is 2.64 bits per heavy atom. The minimum absolute atomic E-state index is 0.394. The molecule has 1 N–H and O–H groups in total. The fourth-order valence-corrected chi connectivity index (χ4v) is 3.96. The highest BCUT2D eigenvalue weighted by Gasteiger charge is 2.38. The van der Waals surface area contributed by atoms with Crippen LogP contribution in [0.1, 0.15) is 42.5 Å². The van der Waals surface area contributed by atoms with Crippen LogP contribution in [-0.4, -0.2) is 58.8 Å². The Hall–Kier alpha value is -2.59. The van der Waals surface area contributed by atoms with Crippen molar-refractivity contribution in [2.24, 2.45) is 5.92 Å². The molecule has 182 valence electrons. The zero-order valence-electron chi connectivity index (χ0n) is 18.8. The van der Waals surface area contributed by atoms with Crippen molar-refractivity contribution >= 4 is 5.97 Å². The first-order valence-electron chi connectivity index (χ1n) is 11.0. The van der Waals surface area contributed by atoms with Gasteiger partial charge in [0.1, 0.15) is 5.75 Å². The van der Waals surface area contributed by atoms with Crippen molar-refractivity contribution in [2.75, 3.05) is 26.9 Å². The number of fused-ring (bicyclic) bond motifs is 1. The number of carbonyl (C=O) groups is 1. The molecule has 0 spiro atoms. The fraction of sp³-hybridized carbons (Fsp3) is 0.565. The van der Waals surface area contributed by atoms with E-state index in [-0.39, 0.29) is 0 Å². The summed E-state index contributed by atoms with van der Waals surface area (Å²) in [6.45, 7) is 7.58. The molecule has 1 aromatic heterocycles. The summed E-state index contributed by atoms with van der Waals surface area (Å²) in [6.07, 6.45) is -0.298. The van der Waals surface area contributed by atoms with Gasteiger partial charge in [0.05, 0.1) is 19.9 Å². The van der Waals surface area contributed by atoms with E-state index in [1.165, 1.54) is 29.7 Å². The number of aromatic nitrogens is 2. The van der Waals surface area contributed by atoms with Crippen LogP contribution in [0.25, 0.3) is 0 Å². The molecule has 10 heteroatoms. The van der Waals surface area contributed by atoms with Gasteiger partial charge >= 0.3 is 12.1 Å². The Kier molecular flexibility index (Phi) is 8.36. The lowest BCUT2D eigenvalue weighted by atomic mass is 9.96. The van der Waals surface area contributed by atoms with Crippen LogP contribution < -0.4 is 4.74 Å². The summed E-state index contributed by atoms with van der Waals surface area (Å²) in [5.41, 5.74) is 4.06. The minimum atomic E-state index is -5.08. The summed E-state index contributed by atoms with van der Waals surface area (Å²) in [5.74, 6) is -0.608. The normalized spacial score (nSPS) is 18.3. The van der Waals surface area contributed by atoms with E-state index in [4.69, 9.17) is 24.5 Å². The Balaban J connectivity index is 0.000000383. The highest BCUT2D eigenvalue weighted by atomic mass is 19.4. The third kappa shape index (κ3) is 7.20. The second-order valence-corrected chi connectivity index (χ2v) is 8.36. The van der Waals surface area contributed by atoms with Crippen LogP contribution in [0, 0.1) is 5.92 Å². The minimum Gasteiger partial charge on any atom is -0.497 e. The number of hydrogen-bond donors (Lipinski definition) is 1. The van der Waals surface area contributed by atoms with Crippen molar-refractivity contribution in [3.63, 3.8) is 0 Å². The van der Waals surface area contributed by atoms with Crippen LogP contribution in [0.3, 0.4) is 0 Å².